The van der Waals surface area contributed by atoms with Crippen molar-refractivity contribution in [2.45, 2.75) is 32.2 Å². The van der Waals surface area contributed by atoms with Crippen LogP contribution in [-0.4, -0.2) is 22.4 Å². The van der Waals surface area contributed by atoms with Crippen LogP contribution in [0.3, 0.4) is 0 Å². The number of hydrogen-bond donors (Lipinski definition) is 1. The normalized spacial score (nSPS) is 20.8. The molecule has 0 saturated heterocycles. The van der Waals surface area contributed by atoms with Gasteiger partial charge in [0, 0.05) is 24.2 Å². The Morgan fingerprint density at radius 1 is 1.50 bits per heavy atom. The molecule has 0 radical (unpaired) electrons. The highest BCUT2D eigenvalue weighted by Gasteiger charge is 2.29. The van der Waals surface area contributed by atoms with Crippen molar-refractivity contribution in [1.82, 2.24) is 9.78 Å². The molecule has 5 nitrogen and oxygen atoms in total. The molecular weight excluding hydrogens is 204 g/mol. The van der Waals surface area contributed by atoms with Gasteiger partial charge in [-0.05, 0) is 0 Å². The molecule has 16 heavy (non-hydrogen) atoms. The Balaban J connectivity index is 2.41. The van der Waals surface area contributed by atoms with Crippen molar-refractivity contribution in [2.24, 2.45) is 17.8 Å². The highest BCUT2D eigenvalue weighted by atomic mass is 16.5. The van der Waals surface area contributed by atoms with Crippen LogP contribution in [0.1, 0.15) is 38.1 Å². The summed E-state index contributed by atoms with van der Waals surface area (Å²) in [7, 11) is 1.92. The van der Waals surface area contributed by atoms with Gasteiger partial charge >= 0.3 is 0 Å². The maximum absolute atomic E-state index is 5.53. The molecule has 1 atom stereocenters. The monoisotopic (exact) mass is 222 g/mol. The fourth-order valence-corrected chi connectivity index (χ4v) is 1.89. The molecule has 1 aliphatic rings. The largest absolute Gasteiger partial charge is 0.463 e. The van der Waals surface area contributed by atoms with E-state index in [9.17, 15) is 0 Å². The summed E-state index contributed by atoms with van der Waals surface area (Å²) in [5, 5.41) is 4.50. The van der Waals surface area contributed by atoms with Gasteiger partial charge in [0.1, 0.15) is 12.6 Å². The lowest BCUT2D eigenvalue weighted by Gasteiger charge is -2.18. The number of nitrogens with two attached hydrogens (primary N) is 1. The zero-order chi connectivity index (χ0) is 11.9. The van der Waals surface area contributed by atoms with Crippen molar-refractivity contribution in [3.8, 4) is 0 Å². The Bertz CT molecular complexity index is 428. The molecule has 0 bridgehead atoms. The zero-order valence-electron chi connectivity index (χ0n) is 10.2. The number of ether oxygens (including phenoxy) is 1. The first-order chi connectivity index (χ1) is 7.38. The second kappa shape index (κ2) is 3.50. The van der Waals surface area contributed by atoms with Crippen LogP contribution >= 0.6 is 0 Å². The van der Waals surface area contributed by atoms with Crippen LogP contribution in [0, 0.1) is 0 Å². The molecule has 2 N–H and O–H groups in total. The molecule has 2 heterocycles. The molecule has 1 aromatic rings. The quantitative estimate of drug-likeness (QED) is 0.774. The van der Waals surface area contributed by atoms with Crippen LogP contribution in [-0.2, 0) is 17.2 Å². The molecule has 5 heteroatoms. The molecule has 0 spiro atoms. The number of rotatable bonds is 1. The molecule has 0 fully saturated rings. The van der Waals surface area contributed by atoms with E-state index in [1.165, 1.54) is 0 Å². The Kier molecular flexibility index (Phi) is 2.40. The fourth-order valence-electron chi connectivity index (χ4n) is 1.89. The molecular formula is C11H18N4O. The number of aryl methyl sites for hydroxylation is 1. The molecule has 0 aromatic carbocycles. The van der Waals surface area contributed by atoms with Gasteiger partial charge in [0.15, 0.2) is 0 Å². The van der Waals surface area contributed by atoms with Gasteiger partial charge in [0.05, 0.1) is 5.69 Å². The van der Waals surface area contributed by atoms with Gasteiger partial charge in [-0.2, -0.15) is 5.10 Å². The molecule has 2 rings (SSSR count). The zero-order valence-corrected chi connectivity index (χ0v) is 10.2. The minimum Gasteiger partial charge on any atom is -0.463 e. The molecule has 0 amide bonds. The van der Waals surface area contributed by atoms with E-state index in [0.717, 1.165) is 11.3 Å². The predicted octanol–water partition coefficient (Wildman–Crippen LogP) is 1.10. The van der Waals surface area contributed by atoms with E-state index in [4.69, 9.17) is 10.5 Å². The highest BCUT2D eigenvalue weighted by molar-refractivity contribution is 5.73. The Morgan fingerprint density at radius 3 is 2.69 bits per heavy atom. The van der Waals surface area contributed by atoms with Crippen molar-refractivity contribution < 1.29 is 4.74 Å². The van der Waals surface area contributed by atoms with Gasteiger partial charge in [-0.15, -0.1) is 0 Å². The number of hydrogen-bond acceptors (Lipinski definition) is 4. The van der Waals surface area contributed by atoms with E-state index in [-0.39, 0.29) is 17.5 Å². The van der Waals surface area contributed by atoms with E-state index >= 15 is 0 Å². The maximum Gasteiger partial charge on any atom is 0.282 e. The third-order valence-electron chi connectivity index (χ3n) is 2.60. The summed E-state index contributed by atoms with van der Waals surface area (Å²) in [6.45, 7) is 6.94. The number of amidine groups is 1. The minimum atomic E-state index is -0.0112. The van der Waals surface area contributed by atoms with Crippen molar-refractivity contribution in [3.63, 3.8) is 0 Å². The summed E-state index contributed by atoms with van der Waals surface area (Å²) in [5.74, 6) is 0. The highest BCUT2D eigenvalue weighted by Crippen LogP contribution is 2.31. The van der Waals surface area contributed by atoms with Crippen molar-refractivity contribution in [2.75, 3.05) is 6.61 Å². The smallest absolute Gasteiger partial charge is 0.282 e. The lowest BCUT2D eigenvalue weighted by molar-refractivity contribution is 0.314. The molecule has 0 aliphatic carbocycles. The van der Waals surface area contributed by atoms with E-state index < -0.39 is 0 Å². The van der Waals surface area contributed by atoms with Crippen molar-refractivity contribution in [1.29, 1.82) is 0 Å². The number of aliphatic imine (C=N–C) groups is 1. The summed E-state index contributed by atoms with van der Waals surface area (Å²) >= 11 is 0. The van der Waals surface area contributed by atoms with Gasteiger partial charge in [0.2, 0.25) is 0 Å². The van der Waals surface area contributed by atoms with E-state index in [2.05, 4.69) is 30.9 Å². The minimum absolute atomic E-state index is 0.00344. The Labute approximate surface area is 95.3 Å². The second-order valence-electron chi connectivity index (χ2n) is 5.15. The summed E-state index contributed by atoms with van der Waals surface area (Å²) in [6, 6.07) is 0.261. The third-order valence-corrected chi connectivity index (χ3v) is 2.60. The second-order valence-corrected chi connectivity index (χ2v) is 5.15. The lowest BCUT2D eigenvalue weighted by Crippen LogP contribution is -2.16. The number of aromatic nitrogens is 2. The van der Waals surface area contributed by atoms with Crippen LogP contribution in [0.5, 0.6) is 0 Å². The van der Waals surface area contributed by atoms with Crippen LogP contribution < -0.4 is 5.73 Å². The van der Waals surface area contributed by atoms with Gasteiger partial charge in [-0.1, -0.05) is 20.8 Å². The topological polar surface area (TPSA) is 65.4 Å². The van der Waals surface area contributed by atoms with Gasteiger partial charge in [-0.25, -0.2) is 4.99 Å². The Morgan fingerprint density at radius 2 is 2.19 bits per heavy atom. The van der Waals surface area contributed by atoms with Crippen LogP contribution in [0.25, 0.3) is 0 Å². The van der Waals surface area contributed by atoms with E-state index in [0.29, 0.717) is 6.61 Å². The molecule has 1 unspecified atom stereocenters. The Hall–Kier alpha value is -1.52. The first-order valence-electron chi connectivity index (χ1n) is 5.38. The van der Waals surface area contributed by atoms with E-state index in [1.807, 2.05) is 17.9 Å². The van der Waals surface area contributed by atoms with Crippen LogP contribution in [0.2, 0.25) is 0 Å². The van der Waals surface area contributed by atoms with Crippen molar-refractivity contribution in [3.05, 3.63) is 17.5 Å². The van der Waals surface area contributed by atoms with Gasteiger partial charge < -0.3 is 10.5 Å². The summed E-state index contributed by atoms with van der Waals surface area (Å²) in [6.07, 6.45) is 2.00. The lowest BCUT2D eigenvalue weighted by atomic mass is 9.88. The standard InChI is InChI=1S/C11H18N4O/c1-11(2,3)9-7(5-15(4)14-9)8-6-16-10(12)13-8/h5,8H,6H2,1-4H3,(H2,12,13). The molecule has 1 aliphatic heterocycles. The van der Waals surface area contributed by atoms with Crippen LogP contribution in [0.4, 0.5) is 0 Å². The van der Waals surface area contributed by atoms with Gasteiger partial charge in [-0.3, -0.25) is 4.68 Å². The SMILES string of the molecule is Cn1cc(C2COC(N)=N2)c(C(C)(C)C)n1. The summed E-state index contributed by atoms with van der Waals surface area (Å²) in [4.78, 5) is 4.27. The first kappa shape index (κ1) is 11.0. The summed E-state index contributed by atoms with van der Waals surface area (Å²) in [5.41, 5.74) is 7.70. The molecule has 0 saturated carbocycles. The van der Waals surface area contributed by atoms with Gasteiger partial charge in [0.25, 0.3) is 6.02 Å². The fraction of sp³-hybridized carbons (Fsp3) is 0.636. The van der Waals surface area contributed by atoms with Crippen molar-refractivity contribution >= 4 is 6.02 Å². The third kappa shape index (κ3) is 1.89. The average molecular weight is 222 g/mol. The molecule has 88 valence electrons. The first-order valence-corrected chi connectivity index (χ1v) is 5.38. The van der Waals surface area contributed by atoms with E-state index in [1.54, 1.807) is 0 Å². The average Bonchev–Trinajstić information content (AvgIpc) is 2.70. The molecule has 1 aromatic heterocycles. The maximum atomic E-state index is 5.53. The predicted molar refractivity (Wildman–Crippen MR) is 62.2 cm³/mol. The van der Waals surface area contributed by atoms with Crippen LogP contribution in [0.15, 0.2) is 11.2 Å². The summed E-state index contributed by atoms with van der Waals surface area (Å²) < 4.78 is 7.01. The number of nitrogens with zero attached hydrogens (tertiary/aromatic N) is 3.